The van der Waals surface area contributed by atoms with Gasteiger partial charge in [0.15, 0.2) is 9.84 Å². The fourth-order valence-electron chi connectivity index (χ4n) is 3.42. The largest absolute Gasteiger partial charge is 0.355 e. The van der Waals surface area contributed by atoms with Crippen LogP contribution >= 0.6 is 0 Å². The SMILES string of the molecule is CCCC1(C(=O)NCC2CCS(=O)(=O)C2)CCCNC1. The quantitative estimate of drug-likeness (QED) is 0.784. The molecule has 2 saturated heterocycles. The van der Waals surface area contributed by atoms with Crippen LogP contribution in [0.25, 0.3) is 0 Å². The molecule has 2 aliphatic heterocycles. The van der Waals surface area contributed by atoms with E-state index in [0.717, 1.165) is 38.8 Å². The van der Waals surface area contributed by atoms with Gasteiger partial charge in [0.1, 0.15) is 0 Å². The molecular formula is C14H26N2O3S. The smallest absolute Gasteiger partial charge is 0.227 e. The van der Waals surface area contributed by atoms with Crippen molar-refractivity contribution in [2.45, 2.75) is 39.0 Å². The number of sulfone groups is 1. The Labute approximate surface area is 121 Å². The minimum absolute atomic E-state index is 0.0965. The highest BCUT2D eigenvalue weighted by Gasteiger charge is 2.39. The molecule has 0 spiro atoms. The lowest BCUT2D eigenvalue weighted by Gasteiger charge is -2.36. The number of hydrogen-bond donors (Lipinski definition) is 2. The Bertz CT molecular complexity index is 436. The van der Waals surface area contributed by atoms with Crippen LogP contribution in [0.4, 0.5) is 0 Å². The summed E-state index contributed by atoms with van der Waals surface area (Å²) in [6.45, 7) is 4.34. The van der Waals surface area contributed by atoms with Crippen LogP contribution in [-0.2, 0) is 14.6 Å². The van der Waals surface area contributed by atoms with Gasteiger partial charge in [0.05, 0.1) is 16.9 Å². The van der Waals surface area contributed by atoms with Crippen LogP contribution in [-0.4, -0.2) is 45.5 Å². The molecule has 0 aromatic carbocycles. The van der Waals surface area contributed by atoms with Crippen molar-refractivity contribution < 1.29 is 13.2 Å². The average molecular weight is 302 g/mol. The van der Waals surface area contributed by atoms with Crippen molar-refractivity contribution in [2.24, 2.45) is 11.3 Å². The predicted octanol–water partition coefficient (Wildman–Crippen LogP) is 0.707. The van der Waals surface area contributed by atoms with Crippen LogP contribution in [0, 0.1) is 11.3 Å². The van der Waals surface area contributed by atoms with E-state index < -0.39 is 9.84 Å². The molecule has 0 aliphatic carbocycles. The molecule has 2 N–H and O–H groups in total. The van der Waals surface area contributed by atoms with Crippen molar-refractivity contribution in [1.82, 2.24) is 10.6 Å². The zero-order valence-electron chi connectivity index (χ0n) is 12.3. The zero-order chi connectivity index (χ0) is 14.6. The molecule has 5 nitrogen and oxygen atoms in total. The first-order chi connectivity index (χ1) is 9.47. The van der Waals surface area contributed by atoms with Gasteiger partial charge in [-0.1, -0.05) is 13.3 Å². The van der Waals surface area contributed by atoms with E-state index >= 15 is 0 Å². The van der Waals surface area contributed by atoms with Gasteiger partial charge in [-0.15, -0.1) is 0 Å². The summed E-state index contributed by atoms with van der Waals surface area (Å²) in [5.41, 5.74) is -0.287. The lowest BCUT2D eigenvalue weighted by molar-refractivity contribution is -0.132. The van der Waals surface area contributed by atoms with Crippen molar-refractivity contribution in [3.8, 4) is 0 Å². The Morgan fingerprint density at radius 3 is 2.80 bits per heavy atom. The maximum Gasteiger partial charge on any atom is 0.227 e. The normalized spacial score (nSPS) is 33.0. The first kappa shape index (κ1) is 15.8. The minimum Gasteiger partial charge on any atom is -0.355 e. The third kappa shape index (κ3) is 3.73. The summed E-state index contributed by atoms with van der Waals surface area (Å²) in [4.78, 5) is 12.5. The molecule has 2 rings (SSSR count). The first-order valence-electron chi connectivity index (χ1n) is 7.67. The fraction of sp³-hybridized carbons (Fsp3) is 0.929. The zero-order valence-corrected chi connectivity index (χ0v) is 13.1. The van der Waals surface area contributed by atoms with Crippen LogP contribution in [0.1, 0.15) is 39.0 Å². The number of amides is 1. The van der Waals surface area contributed by atoms with Crippen LogP contribution in [0.2, 0.25) is 0 Å². The van der Waals surface area contributed by atoms with Crippen LogP contribution in [0.5, 0.6) is 0 Å². The van der Waals surface area contributed by atoms with E-state index in [9.17, 15) is 13.2 Å². The fourth-order valence-corrected chi connectivity index (χ4v) is 5.29. The van der Waals surface area contributed by atoms with Gasteiger partial charge < -0.3 is 10.6 Å². The number of rotatable bonds is 5. The minimum atomic E-state index is -2.86. The molecular weight excluding hydrogens is 276 g/mol. The lowest BCUT2D eigenvalue weighted by atomic mass is 9.76. The summed E-state index contributed by atoms with van der Waals surface area (Å²) >= 11 is 0. The standard InChI is InChI=1S/C14H26N2O3S/c1-2-5-14(6-3-7-15-11-14)13(17)16-9-12-4-8-20(18,19)10-12/h12,15H,2-11H2,1H3,(H,16,17). The summed E-state index contributed by atoms with van der Waals surface area (Å²) in [7, 11) is -2.86. The monoisotopic (exact) mass is 302 g/mol. The van der Waals surface area contributed by atoms with Crippen molar-refractivity contribution >= 4 is 15.7 Å². The number of hydrogen-bond acceptors (Lipinski definition) is 4. The second-order valence-corrected chi connectivity index (χ2v) is 8.52. The van der Waals surface area contributed by atoms with Gasteiger partial charge in [0.25, 0.3) is 0 Å². The van der Waals surface area contributed by atoms with Crippen molar-refractivity contribution in [1.29, 1.82) is 0 Å². The molecule has 2 heterocycles. The topological polar surface area (TPSA) is 75.3 Å². The third-order valence-electron chi connectivity index (χ3n) is 4.56. The van der Waals surface area contributed by atoms with Crippen molar-refractivity contribution in [3.05, 3.63) is 0 Å². The van der Waals surface area contributed by atoms with Gasteiger partial charge in [-0.3, -0.25) is 4.79 Å². The molecule has 0 radical (unpaired) electrons. The summed E-state index contributed by atoms with van der Waals surface area (Å²) < 4.78 is 22.9. The van der Waals surface area contributed by atoms with Crippen LogP contribution < -0.4 is 10.6 Å². The van der Waals surface area contributed by atoms with E-state index in [-0.39, 0.29) is 28.7 Å². The van der Waals surface area contributed by atoms with Gasteiger partial charge in [-0.05, 0) is 38.1 Å². The Morgan fingerprint density at radius 2 is 2.25 bits per heavy atom. The van der Waals surface area contributed by atoms with Crippen molar-refractivity contribution in [3.63, 3.8) is 0 Å². The van der Waals surface area contributed by atoms with E-state index in [1.54, 1.807) is 0 Å². The molecule has 2 unspecified atom stereocenters. The van der Waals surface area contributed by atoms with E-state index in [2.05, 4.69) is 17.6 Å². The summed E-state index contributed by atoms with van der Waals surface area (Å²) in [6, 6.07) is 0. The summed E-state index contributed by atoms with van der Waals surface area (Å²) in [5, 5.41) is 6.34. The Kier molecular flexibility index (Phi) is 5.07. The molecule has 0 aromatic rings. The van der Waals surface area contributed by atoms with E-state index in [0.29, 0.717) is 13.0 Å². The molecule has 20 heavy (non-hydrogen) atoms. The molecule has 2 atom stereocenters. The summed E-state index contributed by atoms with van der Waals surface area (Å²) in [6.07, 6.45) is 4.54. The highest BCUT2D eigenvalue weighted by Crippen LogP contribution is 2.32. The molecule has 6 heteroatoms. The van der Waals surface area contributed by atoms with Gasteiger partial charge in [-0.25, -0.2) is 8.42 Å². The average Bonchev–Trinajstić information content (AvgIpc) is 2.77. The van der Waals surface area contributed by atoms with Gasteiger partial charge in [-0.2, -0.15) is 0 Å². The van der Waals surface area contributed by atoms with E-state index in [1.807, 2.05) is 0 Å². The number of nitrogens with one attached hydrogen (secondary N) is 2. The Balaban J connectivity index is 1.89. The number of piperidine rings is 1. The first-order valence-corrected chi connectivity index (χ1v) is 9.49. The van der Waals surface area contributed by atoms with E-state index in [4.69, 9.17) is 0 Å². The molecule has 0 bridgehead atoms. The Hall–Kier alpha value is -0.620. The third-order valence-corrected chi connectivity index (χ3v) is 6.40. The van der Waals surface area contributed by atoms with Crippen LogP contribution in [0.15, 0.2) is 0 Å². The second kappa shape index (κ2) is 6.43. The summed E-state index contributed by atoms with van der Waals surface area (Å²) in [5.74, 6) is 0.705. The predicted molar refractivity (Wildman–Crippen MR) is 79.2 cm³/mol. The van der Waals surface area contributed by atoms with Gasteiger partial charge >= 0.3 is 0 Å². The molecule has 1 amide bonds. The highest BCUT2D eigenvalue weighted by molar-refractivity contribution is 7.91. The van der Waals surface area contributed by atoms with Gasteiger partial charge in [0, 0.05) is 13.1 Å². The molecule has 0 saturated carbocycles. The maximum absolute atomic E-state index is 12.5. The molecule has 0 aromatic heterocycles. The van der Waals surface area contributed by atoms with Crippen molar-refractivity contribution in [2.75, 3.05) is 31.1 Å². The molecule has 116 valence electrons. The number of carbonyl (C=O) groups is 1. The maximum atomic E-state index is 12.5. The van der Waals surface area contributed by atoms with E-state index in [1.165, 1.54) is 0 Å². The second-order valence-electron chi connectivity index (χ2n) is 6.29. The molecule has 2 fully saturated rings. The number of carbonyl (C=O) groups excluding carboxylic acids is 1. The van der Waals surface area contributed by atoms with Gasteiger partial charge in [0.2, 0.25) is 5.91 Å². The lowest BCUT2D eigenvalue weighted by Crippen LogP contribution is -2.51. The molecule has 2 aliphatic rings. The Morgan fingerprint density at radius 1 is 1.45 bits per heavy atom. The van der Waals surface area contributed by atoms with Crippen LogP contribution in [0.3, 0.4) is 0 Å². The highest BCUT2D eigenvalue weighted by atomic mass is 32.2.